The van der Waals surface area contributed by atoms with Gasteiger partial charge in [-0.2, -0.15) is 13.2 Å². The highest BCUT2D eigenvalue weighted by molar-refractivity contribution is 5.76. The predicted molar refractivity (Wildman–Crippen MR) is 121 cm³/mol. The lowest BCUT2D eigenvalue weighted by Crippen LogP contribution is -2.42. The number of nitrogens with one attached hydrogen (secondary N) is 4. The van der Waals surface area contributed by atoms with Crippen molar-refractivity contribution in [1.82, 2.24) is 30.6 Å². The van der Waals surface area contributed by atoms with E-state index in [2.05, 4.69) is 37.4 Å². The van der Waals surface area contributed by atoms with Crippen molar-refractivity contribution in [3.63, 3.8) is 0 Å². The second-order valence-electron chi connectivity index (χ2n) is 6.84. The van der Waals surface area contributed by atoms with Crippen molar-refractivity contribution in [2.45, 2.75) is 33.1 Å². The van der Waals surface area contributed by atoms with E-state index in [-0.39, 0.29) is 31.4 Å². The third-order valence-electron chi connectivity index (χ3n) is 4.14. The van der Waals surface area contributed by atoms with Crippen molar-refractivity contribution in [2.75, 3.05) is 17.7 Å². The van der Waals surface area contributed by atoms with Gasteiger partial charge in [-0.25, -0.2) is 19.6 Å². The Bertz CT molecular complexity index is 1210. The van der Waals surface area contributed by atoms with E-state index in [0.29, 0.717) is 17.2 Å². The molecule has 0 saturated heterocycles. The fourth-order valence-electron chi connectivity index (χ4n) is 2.33. The SMILES string of the molecule is C#CCNC(=O)NNc1ncc(C)n(CC(=O)NCc2ccc(N)nc2C)c1=O.O=C(O)C(F)(F)F. The first-order valence-electron chi connectivity index (χ1n) is 9.84. The van der Waals surface area contributed by atoms with Crippen LogP contribution in [0.15, 0.2) is 23.1 Å². The van der Waals surface area contributed by atoms with Gasteiger partial charge in [-0.1, -0.05) is 12.0 Å². The maximum Gasteiger partial charge on any atom is 0.490 e. The standard InChI is InChI=1S/C18H22N8O3.C2HF3O2/c1-4-7-20-18(29)25-24-16-17(28)26(11(2)8-22-16)10-15(27)21-9-13-5-6-14(19)23-12(13)3;3-2(4,5)1(6)7/h1,5-6,8H,7,9-10H2,2-3H3,(H2,19,23)(H,21,27)(H,22,24)(H2,20,25,29);(H,6,7). The summed E-state index contributed by atoms with van der Waals surface area (Å²) in [6.07, 6.45) is 1.37. The number of hydrogen-bond donors (Lipinski definition) is 6. The van der Waals surface area contributed by atoms with E-state index < -0.39 is 23.7 Å². The summed E-state index contributed by atoms with van der Waals surface area (Å²) in [5.74, 6) is -0.628. The summed E-state index contributed by atoms with van der Waals surface area (Å²) in [6.45, 7) is 3.50. The molecule has 2 heterocycles. The molecule has 36 heavy (non-hydrogen) atoms. The van der Waals surface area contributed by atoms with Crippen molar-refractivity contribution in [1.29, 1.82) is 0 Å². The number of hydrazine groups is 1. The molecule has 0 saturated carbocycles. The lowest BCUT2D eigenvalue weighted by molar-refractivity contribution is -0.192. The van der Waals surface area contributed by atoms with Gasteiger partial charge in [-0.15, -0.1) is 6.42 Å². The summed E-state index contributed by atoms with van der Waals surface area (Å²) >= 11 is 0. The molecule has 16 heteroatoms. The molecule has 0 aromatic carbocycles. The number of alkyl halides is 3. The van der Waals surface area contributed by atoms with Crippen LogP contribution in [0.1, 0.15) is 17.0 Å². The monoisotopic (exact) mass is 512 g/mol. The molecule has 0 radical (unpaired) electrons. The van der Waals surface area contributed by atoms with Crippen molar-refractivity contribution >= 4 is 29.5 Å². The molecule has 2 aromatic rings. The van der Waals surface area contributed by atoms with E-state index in [1.165, 1.54) is 10.8 Å². The average molecular weight is 512 g/mol. The minimum atomic E-state index is -5.08. The Morgan fingerprint density at radius 2 is 1.86 bits per heavy atom. The zero-order chi connectivity index (χ0) is 27.5. The zero-order valence-electron chi connectivity index (χ0n) is 19.1. The summed E-state index contributed by atoms with van der Waals surface area (Å²) < 4.78 is 33.0. The molecule has 0 spiro atoms. The van der Waals surface area contributed by atoms with E-state index in [0.717, 1.165) is 5.56 Å². The number of rotatable bonds is 7. The normalized spacial score (nSPS) is 10.2. The van der Waals surface area contributed by atoms with E-state index >= 15 is 0 Å². The molecule has 0 aliphatic heterocycles. The number of hydrogen-bond acceptors (Lipinski definition) is 8. The summed E-state index contributed by atoms with van der Waals surface area (Å²) in [5, 5.41) is 12.2. The van der Waals surface area contributed by atoms with Gasteiger partial charge in [-0.3, -0.25) is 25.0 Å². The highest BCUT2D eigenvalue weighted by Crippen LogP contribution is 2.13. The molecule has 3 amide bonds. The second-order valence-corrected chi connectivity index (χ2v) is 6.84. The van der Waals surface area contributed by atoms with Gasteiger partial charge in [0.1, 0.15) is 12.4 Å². The van der Waals surface area contributed by atoms with E-state index in [4.69, 9.17) is 22.1 Å². The molecule has 0 fully saturated rings. The number of halogens is 3. The van der Waals surface area contributed by atoms with Crippen LogP contribution >= 0.6 is 0 Å². The number of carbonyl (C=O) groups is 3. The van der Waals surface area contributed by atoms with Crippen molar-refractivity contribution in [3.05, 3.63) is 45.6 Å². The van der Waals surface area contributed by atoms with Crippen LogP contribution in [0.3, 0.4) is 0 Å². The van der Waals surface area contributed by atoms with Gasteiger partial charge in [0.25, 0.3) is 5.56 Å². The molecule has 7 N–H and O–H groups in total. The van der Waals surface area contributed by atoms with Gasteiger partial charge in [0, 0.05) is 24.1 Å². The third-order valence-corrected chi connectivity index (χ3v) is 4.14. The van der Waals surface area contributed by atoms with Crippen LogP contribution in [0.5, 0.6) is 0 Å². The lowest BCUT2D eigenvalue weighted by Gasteiger charge is -2.13. The molecular formula is C20H23F3N8O5. The molecule has 2 aromatic heterocycles. The van der Waals surface area contributed by atoms with Crippen molar-refractivity contribution in [3.8, 4) is 12.3 Å². The topological polar surface area (TPSA) is 193 Å². The smallest absolute Gasteiger partial charge is 0.475 e. The van der Waals surface area contributed by atoms with Crippen LogP contribution in [-0.4, -0.2) is 50.3 Å². The van der Waals surface area contributed by atoms with Crippen LogP contribution < -0.4 is 32.8 Å². The highest BCUT2D eigenvalue weighted by atomic mass is 19.4. The molecule has 0 aliphatic rings. The predicted octanol–water partition coefficient (Wildman–Crippen LogP) is 0.0463. The number of amides is 3. The third kappa shape index (κ3) is 9.59. The number of aromatic nitrogens is 3. The Hall–Kier alpha value is -4.81. The number of terminal acetylenes is 1. The zero-order valence-corrected chi connectivity index (χ0v) is 19.1. The van der Waals surface area contributed by atoms with E-state index in [1.54, 1.807) is 26.0 Å². The molecule has 0 aliphatic carbocycles. The van der Waals surface area contributed by atoms with Gasteiger partial charge in [-0.05, 0) is 25.5 Å². The van der Waals surface area contributed by atoms with Crippen LogP contribution in [0.4, 0.5) is 29.6 Å². The summed E-state index contributed by atoms with van der Waals surface area (Å²) in [4.78, 5) is 53.3. The number of nitrogen functional groups attached to an aromatic ring is 1. The first-order chi connectivity index (χ1) is 16.8. The van der Waals surface area contributed by atoms with Gasteiger partial charge in [0.15, 0.2) is 0 Å². The number of urea groups is 1. The summed E-state index contributed by atoms with van der Waals surface area (Å²) in [5.41, 5.74) is 11.7. The number of carboxylic acids is 1. The molecule has 0 atom stereocenters. The number of carbonyl (C=O) groups excluding carboxylic acids is 2. The fraction of sp³-hybridized carbons (Fsp3) is 0.300. The number of pyridine rings is 1. The largest absolute Gasteiger partial charge is 0.490 e. The van der Waals surface area contributed by atoms with E-state index in [9.17, 15) is 27.6 Å². The minimum absolute atomic E-state index is 0.0300. The lowest BCUT2D eigenvalue weighted by atomic mass is 10.2. The molecule has 0 unspecified atom stereocenters. The van der Waals surface area contributed by atoms with Crippen LogP contribution in [0.25, 0.3) is 0 Å². The Morgan fingerprint density at radius 3 is 2.42 bits per heavy atom. The van der Waals surface area contributed by atoms with Crippen LogP contribution in [-0.2, 0) is 22.7 Å². The quantitative estimate of drug-likeness (QED) is 0.219. The number of nitrogens with zero attached hydrogens (tertiary/aromatic N) is 3. The number of aryl methyl sites for hydroxylation is 2. The van der Waals surface area contributed by atoms with Crippen LogP contribution in [0.2, 0.25) is 0 Å². The minimum Gasteiger partial charge on any atom is -0.475 e. The Labute approximate surface area is 202 Å². The molecule has 194 valence electrons. The van der Waals surface area contributed by atoms with Gasteiger partial charge >= 0.3 is 18.2 Å². The molecule has 0 bridgehead atoms. The van der Waals surface area contributed by atoms with Crippen molar-refractivity contribution in [2.24, 2.45) is 0 Å². The molecular weight excluding hydrogens is 489 g/mol. The van der Waals surface area contributed by atoms with Crippen LogP contribution in [0, 0.1) is 26.2 Å². The Morgan fingerprint density at radius 1 is 1.22 bits per heavy atom. The molecule has 2 rings (SSSR count). The first-order valence-corrected chi connectivity index (χ1v) is 9.84. The number of anilines is 2. The molecule has 13 nitrogen and oxygen atoms in total. The Kier molecular flexibility index (Phi) is 10.7. The number of nitrogens with two attached hydrogens (primary N) is 1. The summed E-state index contributed by atoms with van der Waals surface area (Å²) in [6, 6.07) is 2.80. The first kappa shape index (κ1) is 29.2. The summed E-state index contributed by atoms with van der Waals surface area (Å²) in [7, 11) is 0. The maximum absolute atomic E-state index is 12.5. The maximum atomic E-state index is 12.5. The Balaban J connectivity index is 0.000000809. The van der Waals surface area contributed by atoms with E-state index in [1.807, 2.05) is 0 Å². The fourth-order valence-corrected chi connectivity index (χ4v) is 2.33. The average Bonchev–Trinajstić information content (AvgIpc) is 2.79. The number of carboxylic acid groups (broad SMARTS) is 1. The van der Waals surface area contributed by atoms with Gasteiger partial charge in [0.2, 0.25) is 11.7 Å². The van der Waals surface area contributed by atoms with Crippen molar-refractivity contribution < 1.29 is 32.7 Å². The van der Waals surface area contributed by atoms with Gasteiger partial charge in [0.05, 0.1) is 6.54 Å². The second kappa shape index (κ2) is 13.2. The van der Waals surface area contributed by atoms with Gasteiger partial charge < -0.3 is 21.5 Å². The highest BCUT2D eigenvalue weighted by Gasteiger charge is 2.38. The number of aliphatic carboxylic acids is 1.